The van der Waals surface area contributed by atoms with Crippen LogP contribution in [-0.4, -0.2) is 30.1 Å². The van der Waals surface area contributed by atoms with Gasteiger partial charge >= 0.3 is 0 Å². The van der Waals surface area contributed by atoms with Gasteiger partial charge in [-0.2, -0.15) is 0 Å². The molecule has 1 aromatic rings. The highest BCUT2D eigenvalue weighted by Crippen LogP contribution is 2.16. The number of amidine groups is 2. The molecule has 0 aliphatic rings. The van der Waals surface area contributed by atoms with Gasteiger partial charge in [0.25, 0.3) is 0 Å². The monoisotopic (exact) mass is 506 g/mol. The fraction of sp³-hybridized carbons (Fsp3) is 0.615. The number of nitrogens with zero attached hydrogens (tertiary/aromatic N) is 4. The SMILES string of the molecule is CCCCC(N)=NC(N)=NCC(CC)CCCC.CCCCC(N)=NC(N)=Nc1ccc(Cl)cc1. The molecular weight excluding hydrogens is 460 g/mol. The minimum atomic E-state index is 0.168. The van der Waals surface area contributed by atoms with E-state index in [0.29, 0.717) is 34.3 Å². The Balaban J connectivity index is 0.000000661. The Morgan fingerprint density at radius 2 is 1.29 bits per heavy atom. The molecule has 1 unspecified atom stereocenters. The molecule has 0 aliphatic carbocycles. The number of aliphatic imine (C=N–C) groups is 4. The second kappa shape index (κ2) is 20.7. The van der Waals surface area contributed by atoms with Crippen molar-refractivity contribution in [2.24, 2.45) is 48.8 Å². The van der Waals surface area contributed by atoms with Crippen LogP contribution in [0.4, 0.5) is 5.69 Å². The van der Waals surface area contributed by atoms with Crippen LogP contribution in [0.3, 0.4) is 0 Å². The first-order valence-electron chi connectivity index (χ1n) is 12.8. The van der Waals surface area contributed by atoms with Crippen LogP contribution in [0.5, 0.6) is 0 Å². The zero-order valence-electron chi connectivity index (χ0n) is 22.1. The number of unbranched alkanes of at least 4 members (excludes halogenated alkanes) is 3. The van der Waals surface area contributed by atoms with Gasteiger partial charge in [-0.1, -0.05) is 71.4 Å². The first-order chi connectivity index (χ1) is 16.7. The summed E-state index contributed by atoms with van der Waals surface area (Å²) in [5, 5.41) is 0.661. The Morgan fingerprint density at radius 3 is 1.77 bits per heavy atom. The van der Waals surface area contributed by atoms with Crippen molar-refractivity contribution < 1.29 is 0 Å². The largest absolute Gasteiger partial charge is 0.387 e. The molecule has 35 heavy (non-hydrogen) atoms. The Morgan fingerprint density at radius 1 is 0.771 bits per heavy atom. The second-order valence-electron chi connectivity index (χ2n) is 8.48. The van der Waals surface area contributed by atoms with Crippen molar-refractivity contribution in [2.75, 3.05) is 6.54 Å². The Kier molecular flexibility index (Phi) is 19.2. The zero-order chi connectivity index (χ0) is 26.5. The van der Waals surface area contributed by atoms with Gasteiger partial charge in [-0.25, -0.2) is 15.0 Å². The van der Waals surface area contributed by atoms with Crippen molar-refractivity contribution in [2.45, 2.75) is 91.9 Å². The average Bonchev–Trinajstić information content (AvgIpc) is 2.83. The number of hydrogen-bond donors (Lipinski definition) is 4. The third kappa shape index (κ3) is 18.4. The minimum Gasteiger partial charge on any atom is -0.387 e. The molecule has 198 valence electrons. The normalized spacial score (nSPS) is 13.9. The highest BCUT2D eigenvalue weighted by atomic mass is 35.5. The Labute approximate surface area is 217 Å². The molecule has 0 amide bonds. The molecule has 8 nitrogen and oxygen atoms in total. The maximum Gasteiger partial charge on any atom is 0.222 e. The summed E-state index contributed by atoms with van der Waals surface area (Å²) >= 11 is 5.76. The molecular formula is C26H47ClN8. The van der Waals surface area contributed by atoms with E-state index in [-0.39, 0.29) is 5.96 Å². The fourth-order valence-electron chi connectivity index (χ4n) is 2.97. The van der Waals surface area contributed by atoms with Crippen LogP contribution in [0.2, 0.25) is 5.02 Å². The lowest BCUT2D eigenvalue weighted by Gasteiger charge is -2.11. The average molecular weight is 507 g/mol. The topological polar surface area (TPSA) is 154 Å². The van der Waals surface area contributed by atoms with Crippen LogP contribution in [0.15, 0.2) is 44.2 Å². The highest BCUT2D eigenvalue weighted by molar-refractivity contribution is 6.30. The van der Waals surface area contributed by atoms with Crippen LogP contribution >= 0.6 is 11.6 Å². The Bertz CT molecular complexity index is 800. The van der Waals surface area contributed by atoms with Crippen molar-refractivity contribution in [3.63, 3.8) is 0 Å². The van der Waals surface area contributed by atoms with Crippen LogP contribution in [-0.2, 0) is 0 Å². The van der Waals surface area contributed by atoms with Gasteiger partial charge in [0.1, 0.15) is 11.7 Å². The summed E-state index contributed by atoms with van der Waals surface area (Å²) in [6.07, 6.45) is 10.7. The molecule has 0 saturated carbocycles. The maximum absolute atomic E-state index is 5.77. The predicted octanol–water partition coefficient (Wildman–Crippen LogP) is 5.90. The number of benzene rings is 1. The van der Waals surface area contributed by atoms with Gasteiger partial charge in [-0.15, -0.1) is 0 Å². The third-order valence-corrected chi connectivity index (χ3v) is 5.47. The van der Waals surface area contributed by atoms with E-state index in [4.69, 9.17) is 34.5 Å². The molecule has 0 spiro atoms. The molecule has 0 bridgehead atoms. The van der Waals surface area contributed by atoms with Crippen molar-refractivity contribution in [1.82, 2.24) is 0 Å². The highest BCUT2D eigenvalue weighted by Gasteiger charge is 2.05. The zero-order valence-corrected chi connectivity index (χ0v) is 22.9. The van der Waals surface area contributed by atoms with Crippen LogP contribution < -0.4 is 22.9 Å². The molecule has 0 aromatic heterocycles. The van der Waals surface area contributed by atoms with Crippen LogP contribution in [0, 0.1) is 5.92 Å². The standard InChI is InChI=1S/C14H30N4.C12H17ClN4/c1-4-7-9-12(6-3)11-17-14(16)18-13(15)10-8-5-2;1-2-3-4-11(14)17-12(15)16-10-7-5-9(13)6-8-10/h12H,4-11H2,1-3H3,(H4,15,16,17,18);5-8H,2-4H2,1H3,(H4,14,15,16,17). The molecule has 0 fully saturated rings. The quantitative estimate of drug-likeness (QED) is 0.194. The van der Waals surface area contributed by atoms with E-state index in [0.717, 1.165) is 51.5 Å². The van der Waals surface area contributed by atoms with E-state index < -0.39 is 0 Å². The van der Waals surface area contributed by atoms with E-state index >= 15 is 0 Å². The van der Waals surface area contributed by atoms with Gasteiger partial charge in [-0.05, 0) is 49.4 Å². The lowest BCUT2D eigenvalue weighted by Crippen LogP contribution is -2.19. The van der Waals surface area contributed by atoms with Crippen molar-refractivity contribution in [3.8, 4) is 0 Å². The van der Waals surface area contributed by atoms with Crippen LogP contribution in [0.1, 0.15) is 91.9 Å². The van der Waals surface area contributed by atoms with Gasteiger partial charge in [0.2, 0.25) is 11.9 Å². The number of hydrogen-bond acceptors (Lipinski definition) is 2. The van der Waals surface area contributed by atoms with Gasteiger partial charge < -0.3 is 22.9 Å². The minimum absolute atomic E-state index is 0.168. The van der Waals surface area contributed by atoms with E-state index in [1.807, 2.05) is 0 Å². The predicted molar refractivity (Wildman–Crippen MR) is 155 cm³/mol. The molecule has 1 atom stereocenters. The van der Waals surface area contributed by atoms with Gasteiger partial charge in [0.15, 0.2) is 0 Å². The first kappa shape index (κ1) is 32.4. The molecule has 0 saturated heterocycles. The van der Waals surface area contributed by atoms with E-state index in [2.05, 4.69) is 47.7 Å². The second-order valence-corrected chi connectivity index (χ2v) is 8.91. The third-order valence-electron chi connectivity index (χ3n) is 5.21. The summed E-state index contributed by atoms with van der Waals surface area (Å²) in [5.41, 5.74) is 23.6. The smallest absolute Gasteiger partial charge is 0.222 e. The fourth-order valence-corrected chi connectivity index (χ4v) is 3.10. The molecule has 0 heterocycles. The number of halogens is 1. The maximum atomic E-state index is 5.77. The lowest BCUT2D eigenvalue weighted by molar-refractivity contribution is 0.462. The molecule has 1 rings (SSSR count). The molecule has 9 heteroatoms. The number of guanidine groups is 2. The molecule has 8 N–H and O–H groups in total. The summed E-state index contributed by atoms with van der Waals surface area (Å²) in [4.78, 5) is 16.6. The number of nitrogens with two attached hydrogens (primary N) is 4. The van der Waals surface area contributed by atoms with Crippen LogP contribution in [0.25, 0.3) is 0 Å². The van der Waals surface area contributed by atoms with Gasteiger partial charge in [-0.3, -0.25) is 4.99 Å². The summed E-state index contributed by atoms with van der Waals surface area (Å²) in [7, 11) is 0. The molecule has 0 aliphatic heterocycles. The van der Waals surface area contributed by atoms with Crippen molar-refractivity contribution in [3.05, 3.63) is 29.3 Å². The lowest BCUT2D eigenvalue weighted by atomic mass is 10.00. The van der Waals surface area contributed by atoms with Crippen molar-refractivity contribution >= 4 is 40.9 Å². The summed E-state index contributed by atoms with van der Waals surface area (Å²) in [6.45, 7) is 9.41. The summed E-state index contributed by atoms with van der Waals surface area (Å²) < 4.78 is 0. The van der Waals surface area contributed by atoms with Crippen molar-refractivity contribution in [1.29, 1.82) is 0 Å². The number of rotatable bonds is 13. The Hall–Kier alpha value is -2.61. The van der Waals surface area contributed by atoms with Gasteiger partial charge in [0, 0.05) is 24.4 Å². The first-order valence-corrected chi connectivity index (χ1v) is 13.2. The molecule has 0 radical (unpaired) electrons. The van der Waals surface area contributed by atoms with E-state index in [1.54, 1.807) is 24.3 Å². The summed E-state index contributed by atoms with van der Waals surface area (Å²) in [5.74, 6) is 2.23. The van der Waals surface area contributed by atoms with E-state index in [1.165, 1.54) is 19.3 Å². The summed E-state index contributed by atoms with van der Waals surface area (Å²) in [6, 6.07) is 7.04. The van der Waals surface area contributed by atoms with Gasteiger partial charge in [0.05, 0.1) is 5.69 Å². The van der Waals surface area contributed by atoms with E-state index in [9.17, 15) is 0 Å². The molecule has 1 aromatic carbocycles.